The second-order valence-corrected chi connectivity index (χ2v) is 19.9. The van der Waals surface area contributed by atoms with Crippen molar-refractivity contribution in [3.63, 3.8) is 0 Å². The topological polar surface area (TPSA) is 221 Å². The number of rotatable bonds is 11. The molecule has 5 aliphatic carbocycles. The Bertz CT molecular complexity index is 2130. The van der Waals surface area contributed by atoms with Crippen LogP contribution in [0.2, 0.25) is 0 Å². The van der Waals surface area contributed by atoms with Crippen molar-refractivity contribution in [1.82, 2.24) is 5.32 Å². The fraction of sp³-hybridized carbons (Fsp3) is 0.617. The van der Waals surface area contributed by atoms with Crippen molar-refractivity contribution >= 4 is 47.1 Å². The predicted octanol–water partition coefficient (Wildman–Crippen LogP) is 5.68. The van der Waals surface area contributed by atoms with Gasteiger partial charge >= 0.3 is 30.0 Å². The molecule has 63 heavy (non-hydrogen) atoms. The van der Waals surface area contributed by atoms with Gasteiger partial charge in [-0.05, 0) is 94.5 Å². The van der Waals surface area contributed by atoms with E-state index in [2.05, 4.69) is 5.32 Å². The summed E-state index contributed by atoms with van der Waals surface area (Å²) < 4.78 is 30.5. The van der Waals surface area contributed by atoms with Gasteiger partial charge in [0.1, 0.15) is 29.5 Å². The van der Waals surface area contributed by atoms with E-state index in [1.165, 1.54) is 26.0 Å². The smallest absolute Gasteiger partial charge is 0.408 e. The van der Waals surface area contributed by atoms with E-state index in [4.69, 9.17) is 23.7 Å². The number of ketones is 1. The van der Waals surface area contributed by atoms with Gasteiger partial charge in [0.25, 0.3) is 0 Å². The second-order valence-electron chi connectivity index (χ2n) is 19.0. The molecule has 4 saturated carbocycles. The molecule has 1 unspecified atom stereocenters. The number of esters is 4. The molecule has 0 radical (unpaired) electrons. The molecule has 16 heteroatoms. The molecule has 11 atom stereocenters. The van der Waals surface area contributed by atoms with Crippen molar-refractivity contribution in [2.45, 2.75) is 154 Å². The SMILES string of the molecule is CC(=O)O[C@@]12CC[C@@H]1C[C@H](O)[C@@]1(C)C(=O)[C@H](OC(=O)C3CCCC3)C3=C(C)[C@@H](OC(=O)[C@H](O)[C@@H](NC(=O)OC(C)C)c4cccs4)C[C@@](O)([C@@H](OC(=O)c4ccccc4)C12)C3(C)C. The van der Waals surface area contributed by atoms with Crippen molar-refractivity contribution < 1.29 is 67.8 Å². The van der Waals surface area contributed by atoms with Crippen LogP contribution in [0.15, 0.2) is 59.0 Å². The number of carbonyl (C=O) groups is 6. The Kier molecular flexibility index (Phi) is 12.8. The summed E-state index contributed by atoms with van der Waals surface area (Å²) in [6, 6.07) is 9.96. The number of ether oxygens (including phenoxy) is 5. The summed E-state index contributed by atoms with van der Waals surface area (Å²) in [6.45, 7) is 10.8. The number of hydrogen-bond donors (Lipinski definition) is 4. The first-order chi connectivity index (χ1) is 29.7. The lowest BCUT2D eigenvalue weighted by atomic mass is 9.41. The normalized spacial score (nSPS) is 33.3. The number of aliphatic hydroxyl groups excluding tert-OH is 2. The Morgan fingerprint density at radius 1 is 0.937 bits per heavy atom. The minimum atomic E-state index is -2.33. The number of aliphatic hydroxyl groups is 3. The molecule has 5 aliphatic rings. The summed E-state index contributed by atoms with van der Waals surface area (Å²) in [7, 11) is 0. The molecule has 2 bridgehead atoms. The number of carbonyl (C=O) groups excluding carboxylic acids is 6. The van der Waals surface area contributed by atoms with Crippen molar-refractivity contribution in [3.8, 4) is 0 Å². The number of Topliss-reactive ketones (excluding diaryl/α,β-unsaturated/α-hetero) is 1. The van der Waals surface area contributed by atoms with Gasteiger partial charge in [-0.1, -0.05) is 51.0 Å². The molecule has 342 valence electrons. The number of fused-ring (bicyclic) bond motifs is 5. The van der Waals surface area contributed by atoms with Gasteiger partial charge in [-0.25, -0.2) is 14.4 Å². The zero-order chi connectivity index (χ0) is 45.8. The third-order valence-electron chi connectivity index (χ3n) is 14.7. The van der Waals surface area contributed by atoms with Crippen molar-refractivity contribution in [1.29, 1.82) is 0 Å². The highest BCUT2D eigenvalue weighted by atomic mass is 32.1. The van der Waals surface area contributed by atoms with Crippen LogP contribution in [-0.2, 0) is 42.9 Å². The molecule has 0 spiro atoms. The Labute approximate surface area is 370 Å². The molecule has 15 nitrogen and oxygen atoms in total. The van der Waals surface area contributed by atoms with Crippen LogP contribution in [0.5, 0.6) is 0 Å². The van der Waals surface area contributed by atoms with Gasteiger partial charge in [-0.15, -0.1) is 11.3 Å². The molecule has 0 aliphatic heterocycles. The van der Waals surface area contributed by atoms with Crippen LogP contribution in [0.3, 0.4) is 0 Å². The standard InChI is InChI=1S/C47H59NO14S/c1-24(2)58-43(56)48-34(31-18-13-21-63-31)35(51)42(55)59-30-23-47(57)39(61-41(54)28-14-9-8-10-15-28)37-45(7,32(50)22-29-19-20-46(29,37)62-26(4)49)38(52)36(33(25(30)3)44(47,5)6)60-40(53)27-16-11-12-17-27/h8-10,13-15,18,21,24,27,29-30,32,34-37,39,50-51,57H,11-12,16-17,19-20,22-23H2,1-7H3,(H,48,56)/t29-,30+,32+,34+,35-,36-,37?,39+,45-,46+,47-/m1/s1. The lowest BCUT2D eigenvalue weighted by Gasteiger charge is -2.68. The van der Waals surface area contributed by atoms with Gasteiger partial charge in [0.05, 0.1) is 35.0 Å². The van der Waals surface area contributed by atoms with E-state index in [9.17, 15) is 39.3 Å². The quantitative estimate of drug-likeness (QED) is 0.121. The summed E-state index contributed by atoms with van der Waals surface area (Å²) in [5.41, 5.74) is -7.06. The van der Waals surface area contributed by atoms with E-state index in [1.807, 2.05) is 0 Å². The largest absolute Gasteiger partial charge is 0.458 e. The van der Waals surface area contributed by atoms with Crippen molar-refractivity contribution in [3.05, 3.63) is 69.4 Å². The Morgan fingerprint density at radius 3 is 2.21 bits per heavy atom. The van der Waals surface area contributed by atoms with Crippen molar-refractivity contribution in [2.24, 2.45) is 28.6 Å². The monoisotopic (exact) mass is 893 g/mol. The minimum absolute atomic E-state index is 0.0246. The number of thiophene rings is 1. The van der Waals surface area contributed by atoms with Gasteiger partial charge in [0.15, 0.2) is 18.0 Å². The third kappa shape index (κ3) is 7.99. The van der Waals surface area contributed by atoms with Crippen LogP contribution >= 0.6 is 11.3 Å². The van der Waals surface area contributed by atoms with Crippen molar-refractivity contribution in [2.75, 3.05) is 0 Å². The maximum Gasteiger partial charge on any atom is 0.408 e. The first-order valence-corrected chi connectivity index (χ1v) is 22.8. The molecule has 2 aromatic rings. The van der Waals surface area contributed by atoms with Gasteiger partial charge in [-0.2, -0.15) is 0 Å². The van der Waals surface area contributed by atoms with Gasteiger partial charge < -0.3 is 44.3 Å². The van der Waals surface area contributed by atoms with E-state index >= 15 is 4.79 Å². The van der Waals surface area contributed by atoms with E-state index in [1.54, 1.807) is 70.3 Å². The van der Waals surface area contributed by atoms with E-state index in [-0.39, 0.29) is 29.6 Å². The molecule has 0 saturated heterocycles. The number of hydrogen-bond acceptors (Lipinski definition) is 15. The molecular weight excluding hydrogens is 835 g/mol. The second kappa shape index (κ2) is 17.4. The van der Waals surface area contributed by atoms with Crippen LogP contribution in [0.1, 0.15) is 121 Å². The minimum Gasteiger partial charge on any atom is -0.458 e. The van der Waals surface area contributed by atoms with E-state index in [0.717, 1.165) is 24.2 Å². The Balaban J connectivity index is 1.41. The number of alkyl carbamates (subject to hydrolysis) is 1. The predicted molar refractivity (Wildman–Crippen MR) is 226 cm³/mol. The van der Waals surface area contributed by atoms with Crippen LogP contribution in [0, 0.1) is 28.6 Å². The highest BCUT2D eigenvalue weighted by Crippen LogP contribution is 2.67. The highest BCUT2D eigenvalue weighted by molar-refractivity contribution is 7.10. The number of nitrogens with one attached hydrogen (secondary N) is 1. The number of amides is 1. The molecule has 1 aromatic heterocycles. The van der Waals surface area contributed by atoms with E-state index < -0.39 is 125 Å². The van der Waals surface area contributed by atoms with Gasteiger partial charge in [-0.3, -0.25) is 14.4 Å². The highest BCUT2D eigenvalue weighted by Gasteiger charge is 2.77. The maximum absolute atomic E-state index is 15.9. The fourth-order valence-electron chi connectivity index (χ4n) is 11.3. The zero-order valence-corrected chi connectivity index (χ0v) is 37.6. The third-order valence-corrected chi connectivity index (χ3v) is 15.6. The van der Waals surface area contributed by atoms with E-state index in [0.29, 0.717) is 24.1 Å². The number of benzene rings is 1. The zero-order valence-electron chi connectivity index (χ0n) is 36.8. The molecule has 4 N–H and O–H groups in total. The van der Waals surface area contributed by atoms with Gasteiger partial charge in [0.2, 0.25) is 0 Å². The molecule has 1 heterocycles. The summed E-state index contributed by atoms with van der Waals surface area (Å²) in [5.74, 6) is -6.65. The van der Waals surface area contributed by atoms with Crippen LogP contribution in [0.25, 0.3) is 0 Å². The molecule has 4 fully saturated rings. The molecule has 1 amide bonds. The molecular formula is C47H59NO14S. The summed E-state index contributed by atoms with van der Waals surface area (Å²) >= 11 is 1.16. The lowest BCUT2D eigenvalue weighted by molar-refractivity contribution is -0.296. The van der Waals surface area contributed by atoms with Crippen LogP contribution in [-0.4, -0.2) is 98.9 Å². The molecule has 1 aromatic carbocycles. The fourth-order valence-corrected chi connectivity index (χ4v) is 12.1. The Hall–Kier alpha value is -4.64. The molecule has 7 rings (SSSR count). The summed E-state index contributed by atoms with van der Waals surface area (Å²) in [4.78, 5) is 85.0. The maximum atomic E-state index is 15.9. The summed E-state index contributed by atoms with van der Waals surface area (Å²) in [5, 5.41) is 42.1. The average Bonchev–Trinajstić information content (AvgIpc) is 3.97. The van der Waals surface area contributed by atoms with Crippen LogP contribution in [0.4, 0.5) is 4.79 Å². The summed E-state index contributed by atoms with van der Waals surface area (Å²) in [6.07, 6.45) is -6.97. The lowest BCUT2D eigenvalue weighted by Crippen LogP contribution is -2.78. The van der Waals surface area contributed by atoms with Gasteiger partial charge in [0, 0.05) is 29.6 Å². The van der Waals surface area contributed by atoms with Crippen LogP contribution < -0.4 is 5.32 Å². The Morgan fingerprint density at radius 2 is 1.62 bits per heavy atom. The average molecular weight is 894 g/mol. The first kappa shape index (κ1) is 46.4. The first-order valence-electron chi connectivity index (χ1n) is 21.9.